The Balaban J connectivity index is -0.000000153. The third-order valence-corrected chi connectivity index (χ3v) is 5.91. The number of rotatable bonds is 8. The summed E-state index contributed by atoms with van der Waals surface area (Å²) in [6, 6.07) is 0. The van der Waals surface area contributed by atoms with Crippen LogP contribution in [0.15, 0.2) is 12.5 Å². The Morgan fingerprint density at radius 2 is 1.06 bits per heavy atom. The summed E-state index contributed by atoms with van der Waals surface area (Å²) in [4.78, 5) is 17.6. The summed E-state index contributed by atoms with van der Waals surface area (Å²) >= 11 is 0. The van der Waals surface area contributed by atoms with Crippen molar-refractivity contribution in [3.63, 3.8) is 0 Å². The normalized spacial score (nSPS) is 11.9. The van der Waals surface area contributed by atoms with Crippen LogP contribution in [0.1, 0.15) is 202 Å². The molecular formula is C42H91N3O2. The predicted octanol–water partition coefficient (Wildman–Crippen LogP) is 12.9. The van der Waals surface area contributed by atoms with Crippen LogP contribution in [0.3, 0.4) is 0 Å². The second kappa shape index (κ2) is 27.6. The number of H-pyrrole nitrogens is 1. The molecule has 0 radical (unpaired) electrons. The van der Waals surface area contributed by atoms with Gasteiger partial charge in [-0.3, -0.25) is 0 Å². The van der Waals surface area contributed by atoms with E-state index in [0.29, 0.717) is 44.9 Å². The highest BCUT2D eigenvalue weighted by Crippen LogP contribution is 2.22. The van der Waals surface area contributed by atoms with E-state index in [9.17, 15) is 4.79 Å². The van der Waals surface area contributed by atoms with Gasteiger partial charge in [-0.25, -0.2) is 4.98 Å². The summed E-state index contributed by atoms with van der Waals surface area (Å²) in [6.45, 7) is 46.9. The number of hydrogen-bond donors (Lipinski definition) is 3. The average Bonchev–Trinajstić information content (AvgIpc) is 3.28. The number of hydrogen-bond acceptors (Lipinski definition) is 4. The average molecular weight is 670 g/mol. The predicted molar refractivity (Wildman–Crippen MR) is 214 cm³/mol. The summed E-state index contributed by atoms with van der Waals surface area (Å²) in [5.41, 5.74) is 9.13. The van der Waals surface area contributed by atoms with Crippen LogP contribution >= 0.6 is 0 Å². The molecule has 47 heavy (non-hydrogen) atoms. The number of Topliss-reactive ketones (excluding diaryl/α,β-unsaturated/α-hetero) is 1. The van der Waals surface area contributed by atoms with Gasteiger partial charge in [0.25, 0.3) is 0 Å². The fourth-order valence-corrected chi connectivity index (χ4v) is 3.32. The monoisotopic (exact) mass is 670 g/mol. The standard InChI is InChI=1S/C9H16N2.C9H18O.C7H16.C6H15N.C6H14O.C5H12/c1-9(2,3)5-4-8-6-10-7-11-8;1-8(10)6-5-7-9(2,3)4;1-5-6-7(2,3)4;2*1-6(2,3)4-5-7;1-5(2,3)4/h6-7H,4-5H2,1-3H3,(H,10,11);5-7H2,1-4H3;5-6H2,1-4H3;4-5,7H2,1-3H3;7H,4-5H2,1-3H3;1-4H3. The number of aliphatic hydroxyl groups excluding tert-OH is 1. The number of nitrogens with one attached hydrogen (secondary N) is 1. The second-order valence-electron chi connectivity index (χ2n) is 20.7. The van der Waals surface area contributed by atoms with Crippen molar-refractivity contribution >= 4 is 5.78 Å². The van der Waals surface area contributed by atoms with Gasteiger partial charge in [0.05, 0.1) is 6.33 Å². The first kappa shape index (κ1) is 55.2. The summed E-state index contributed by atoms with van der Waals surface area (Å²) in [6.07, 6.45) is 13.5. The zero-order valence-electron chi connectivity index (χ0n) is 36.3. The molecule has 0 fully saturated rings. The van der Waals surface area contributed by atoms with E-state index in [1.54, 1.807) is 13.3 Å². The molecule has 0 unspecified atom stereocenters. The Morgan fingerprint density at radius 3 is 1.23 bits per heavy atom. The Morgan fingerprint density at radius 1 is 0.681 bits per heavy atom. The van der Waals surface area contributed by atoms with Crippen molar-refractivity contribution in [2.24, 2.45) is 38.2 Å². The summed E-state index contributed by atoms with van der Waals surface area (Å²) < 4.78 is 0. The Labute approximate surface area is 297 Å². The highest BCUT2D eigenvalue weighted by Gasteiger charge is 2.11. The van der Waals surface area contributed by atoms with Gasteiger partial charge in [-0.2, -0.15) is 0 Å². The topological polar surface area (TPSA) is 92.0 Å². The molecule has 0 atom stereocenters. The van der Waals surface area contributed by atoms with Crippen LogP contribution in [-0.4, -0.2) is 34.0 Å². The van der Waals surface area contributed by atoms with E-state index in [1.165, 1.54) is 25.0 Å². The van der Waals surface area contributed by atoms with E-state index < -0.39 is 0 Å². The molecule has 1 aromatic rings. The van der Waals surface area contributed by atoms with E-state index in [4.69, 9.17) is 10.8 Å². The van der Waals surface area contributed by atoms with E-state index >= 15 is 0 Å². The third-order valence-electron chi connectivity index (χ3n) is 5.91. The number of aryl methyl sites for hydroxylation is 1. The first-order valence-corrected chi connectivity index (χ1v) is 18.5. The molecule has 5 nitrogen and oxygen atoms in total. The van der Waals surface area contributed by atoms with Gasteiger partial charge in [0.15, 0.2) is 0 Å². The summed E-state index contributed by atoms with van der Waals surface area (Å²) in [5.74, 6) is 0.309. The Kier molecular flexibility index (Phi) is 32.4. The minimum atomic E-state index is 0.300. The first-order valence-electron chi connectivity index (χ1n) is 18.5. The molecule has 0 aliphatic rings. The highest BCUT2D eigenvalue weighted by atomic mass is 16.3. The van der Waals surface area contributed by atoms with Gasteiger partial charge in [-0.15, -0.1) is 0 Å². The molecule has 5 heteroatoms. The fraction of sp³-hybridized carbons (Fsp3) is 0.905. The van der Waals surface area contributed by atoms with E-state index in [1.807, 2.05) is 6.20 Å². The van der Waals surface area contributed by atoms with Crippen molar-refractivity contribution < 1.29 is 9.90 Å². The van der Waals surface area contributed by atoms with Gasteiger partial charge in [0.2, 0.25) is 0 Å². The van der Waals surface area contributed by atoms with Crippen LogP contribution in [0, 0.1) is 32.5 Å². The van der Waals surface area contributed by atoms with Crippen molar-refractivity contribution in [1.29, 1.82) is 0 Å². The van der Waals surface area contributed by atoms with Gasteiger partial charge < -0.3 is 20.6 Å². The maximum Gasteiger partial charge on any atom is 0.129 e. The van der Waals surface area contributed by atoms with Crippen LogP contribution in [0.5, 0.6) is 0 Å². The molecule has 0 aliphatic heterocycles. The van der Waals surface area contributed by atoms with Crippen molar-refractivity contribution in [3.8, 4) is 0 Å². The lowest BCUT2D eigenvalue weighted by Crippen LogP contribution is -2.12. The Hall–Kier alpha value is -1.20. The minimum Gasteiger partial charge on any atom is -0.396 e. The van der Waals surface area contributed by atoms with Gasteiger partial charge in [-0.05, 0) is 90.9 Å². The van der Waals surface area contributed by atoms with Crippen molar-refractivity contribution in [1.82, 2.24) is 9.97 Å². The number of carbonyl (C=O) groups excluding carboxylic acids is 1. The number of aromatic amines is 1. The zero-order chi connectivity index (χ0) is 38.8. The molecule has 1 rings (SSSR count). The molecule has 0 spiro atoms. The Bertz CT molecular complexity index is 742. The number of nitrogens with zero attached hydrogens (tertiary/aromatic N) is 1. The maximum absolute atomic E-state index is 10.5. The molecule has 1 aromatic heterocycles. The molecule has 0 saturated heterocycles. The zero-order valence-corrected chi connectivity index (χ0v) is 36.3. The lowest BCUT2D eigenvalue weighted by Gasteiger charge is -2.16. The van der Waals surface area contributed by atoms with Crippen LogP contribution in [0.25, 0.3) is 0 Å². The van der Waals surface area contributed by atoms with Crippen molar-refractivity contribution in [3.05, 3.63) is 18.2 Å². The molecule has 0 saturated carbocycles. The second-order valence-corrected chi connectivity index (χ2v) is 20.7. The number of ketones is 1. The number of imidazole rings is 1. The molecule has 286 valence electrons. The number of aromatic nitrogens is 2. The molecule has 0 aromatic carbocycles. The number of carbonyl (C=O) groups is 1. The maximum atomic E-state index is 10.5. The van der Waals surface area contributed by atoms with Crippen molar-refractivity contribution in [2.75, 3.05) is 13.2 Å². The molecule has 0 amide bonds. The third kappa shape index (κ3) is 86.5. The van der Waals surface area contributed by atoms with Crippen molar-refractivity contribution in [2.45, 2.75) is 203 Å². The smallest absolute Gasteiger partial charge is 0.129 e. The van der Waals surface area contributed by atoms with Crippen LogP contribution in [0.4, 0.5) is 0 Å². The highest BCUT2D eigenvalue weighted by molar-refractivity contribution is 5.75. The number of aliphatic hydroxyl groups is 1. The summed E-state index contributed by atoms with van der Waals surface area (Å²) in [5, 5.41) is 8.40. The summed E-state index contributed by atoms with van der Waals surface area (Å²) in [7, 11) is 0. The van der Waals surface area contributed by atoms with Crippen LogP contribution < -0.4 is 5.73 Å². The molecule has 4 N–H and O–H groups in total. The molecule has 1 heterocycles. The van der Waals surface area contributed by atoms with Crippen LogP contribution in [-0.2, 0) is 11.2 Å². The molecule has 0 bridgehead atoms. The van der Waals surface area contributed by atoms with Crippen LogP contribution in [0.2, 0.25) is 0 Å². The fourth-order valence-electron chi connectivity index (χ4n) is 3.32. The lowest BCUT2D eigenvalue weighted by molar-refractivity contribution is -0.117. The first-order chi connectivity index (χ1) is 20.7. The van der Waals surface area contributed by atoms with Gasteiger partial charge in [-0.1, -0.05) is 145 Å². The van der Waals surface area contributed by atoms with Gasteiger partial charge in [0.1, 0.15) is 5.78 Å². The molecule has 0 aliphatic carbocycles. The lowest BCUT2D eigenvalue weighted by atomic mass is 9.89. The minimum absolute atomic E-state index is 0.300. The van der Waals surface area contributed by atoms with Gasteiger partial charge in [0, 0.05) is 24.9 Å². The quantitative estimate of drug-likeness (QED) is 0.257. The number of nitrogens with two attached hydrogens (primary N) is 1. The van der Waals surface area contributed by atoms with Gasteiger partial charge >= 0.3 is 0 Å². The largest absolute Gasteiger partial charge is 0.396 e. The SMILES string of the molecule is CC(=O)CCCC(C)(C)C.CC(C)(C)C.CC(C)(C)CCN.CC(C)(C)CCO.CC(C)(C)CCc1cnc[nH]1.CCCC(C)(C)C. The molecular weight excluding hydrogens is 578 g/mol. The van der Waals surface area contributed by atoms with E-state index in [-0.39, 0.29) is 0 Å². The van der Waals surface area contributed by atoms with E-state index in [2.05, 4.69) is 148 Å². The van der Waals surface area contributed by atoms with E-state index in [0.717, 1.165) is 45.1 Å².